The molecule has 6 nitrogen and oxygen atoms in total. The lowest BCUT2D eigenvalue weighted by molar-refractivity contribution is -0.0232. The van der Waals surface area contributed by atoms with Crippen LogP contribution in [0.15, 0.2) is 30.6 Å². The second kappa shape index (κ2) is 5.65. The third-order valence-corrected chi connectivity index (χ3v) is 3.69. The Balaban J connectivity index is 1.77. The molecule has 0 radical (unpaired) electrons. The predicted octanol–water partition coefficient (Wildman–Crippen LogP) is 1.34. The molecule has 0 aromatic carbocycles. The smallest absolute Gasteiger partial charge is 0.272 e. The monoisotopic (exact) mass is 286 g/mol. The summed E-state index contributed by atoms with van der Waals surface area (Å²) < 4.78 is 7.40. The number of carbonyl (C=O) groups is 1. The van der Waals surface area contributed by atoms with Crippen molar-refractivity contribution in [1.29, 1.82) is 0 Å². The number of hydrogen-bond donors (Lipinski definition) is 0. The Labute approximate surface area is 123 Å². The molecule has 2 aromatic rings. The number of aryl methyl sites for hydroxylation is 2. The molecular formula is C15H18N4O2. The first-order chi connectivity index (χ1) is 10.1. The Morgan fingerprint density at radius 1 is 1.38 bits per heavy atom. The van der Waals surface area contributed by atoms with Gasteiger partial charge in [-0.2, -0.15) is 5.10 Å². The molecule has 0 spiro atoms. The number of pyridine rings is 1. The topological polar surface area (TPSA) is 60.2 Å². The fourth-order valence-electron chi connectivity index (χ4n) is 2.55. The van der Waals surface area contributed by atoms with Crippen molar-refractivity contribution >= 4 is 5.91 Å². The maximum Gasteiger partial charge on any atom is 0.272 e. The molecule has 3 heterocycles. The summed E-state index contributed by atoms with van der Waals surface area (Å²) in [6.07, 6.45) is 3.31. The van der Waals surface area contributed by atoms with E-state index in [9.17, 15) is 4.79 Å². The van der Waals surface area contributed by atoms with E-state index < -0.39 is 0 Å². The zero-order chi connectivity index (χ0) is 14.8. The van der Waals surface area contributed by atoms with E-state index in [1.165, 1.54) is 0 Å². The van der Waals surface area contributed by atoms with Crippen LogP contribution >= 0.6 is 0 Å². The molecule has 0 N–H and O–H groups in total. The highest BCUT2D eigenvalue weighted by Gasteiger charge is 2.27. The Kier molecular flexibility index (Phi) is 3.70. The number of ether oxygens (including phenoxy) is 1. The lowest BCUT2D eigenvalue weighted by Crippen LogP contribution is -2.42. The van der Waals surface area contributed by atoms with Crippen LogP contribution in [0.2, 0.25) is 0 Å². The van der Waals surface area contributed by atoms with E-state index in [2.05, 4.69) is 10.1 Å². The van der Waals surface area contributed by atoms with Crippen LogP contribution in [0.25, 0.3) is 0 Å². The van der Waals surface area contributed by atoms with Gasteiger partial charge in [0.2, 0.25) is 0 Å². The van der Waals surface area contributed by atoms with Crippen molar-refractivity contribution in [1.82, 2.24) is 19.7 Å². The molecule has 1 aliphatic rings. The minimum absolute atomic E-state index is 0.00548. The van der Waals surface area contributed by atoms with Crippen LogP contribution in [-0.2, 0) is 11.8 Å². The summed E-state index contributed by atoms with van der Waals surface area (Å²) in [6.45, 7) is 3.64. The lowest BCUT2D eigenvalue weighted by Gasteiger charge is -2.33. The molecule has 110 valence electrons. The Hall–Kier alpha value is -2.21. The van der Waals surface area contributed by atoms with Gasteiger partial charge in [-0.25, -0.2) is 0 Å². The standard InChI is InChI=1S/C15H18N4O2/c1-11-9-12(3-5-16-11)14-10-19(7-8-21-14)15(20)13-4-6-17-18(13)2/h3-6,9,14H,7-8,10H2,1-2H3/t14-/m1/s1. The molecule has 3 rings (SSSR count). The van der Waals surface area contributed by atoms with Gasteiger partial charge in [0.05, 0.1) is 13.2 Å². The average molecular weight is 286 g/mol. The fraction of sp³-hybridized carbons (Fsp3) is 0.400. The van der Waals surface area contributed by atoms with E-state index in [1.54, 1.807) is 30.2 Å². The van der Waals surface area contributed by atoms with E-state index >= 15 is 0 Å². The van der Waals surface area contributed by atoms with Crippen LogP contribution in [-0.4, -0.2) is 45.3 Å². The van der Waals surface area contributed by atoms with E-state index in [0.717, 1.165) is 11.3 Å². The Bertz CT molecular complexity index is 653. The van der Waals surface area contributed by atoms with Crippen molar-refractivity contribution < 1.29 is 9.53 Å². The Morgan fingerprint density at radius 3 is 2.95 bits per heavy atom. The molecule has 0 aliphatic carbocycles. The number of hydrogen-bond acceptors (Lipinski definition) is 4. The van der Waals surface area contributed by atoms with Gasteiger partial charge in [-0.15, -0.1) is 0 Å². The molecule has 21 heavy (non-hydrogen) atoms. The summed E-state index contributed by atoms with van der Waals surface area (Å²) >= 11 is 0. The van der Waals surface area contributed by atoms with Gasteiger partial charge >= 0.3 is 0 Å². The highest BCUT2D eigenvalue weighted by Crippen LogP contribution is 2.23. The fourth-order valence-corrected chi connectivity index (χ4v) is 2.55. The van der Waals surface area contributed by atoms with Gasteiger partial charge in [-0.05, 0) is 30.7 Å². The van der Waals surface area contributed by atoms with Gasteiger partial charge in [-0.3, -0.25) is 14.5 Å². The quantitative estimate of drug-likeness (QED) is 0.836. The van der Waals surface area contributed by atoms with Crippen LogP contribution in [0.3, 0.4) is 0 Å². The molecule has 1 fully saturated rings. The van der Waals surface area contributed by atoms with Crippen LogP contribution in [0.1, 0.15) is 27.8 Å². The highest BCUT2D eigenvalue weighted by atomic mass is 16.5. The summed E-state index contributed by atoms with van der Waals surface area (Å²) in [4.78, 5) is 18.5. The van der Waals surface area contributed by atoms with Gasteiger partial charge < -0.3 is 9.64 Å². The number of rotatable bonds is 2. The van der Waals surface area contributed by atoms with Crippen LogP contribution < -0.4 is 0 Å². The van der Waals surface area contributed by atoms with Crippen LogP contribution in [0, 0.1) is 6.92 Å². The molecule has 2 aromatic heterocycles. The first-order valence-corrected chi connectivity index (χ1v) is 6.96. The molecular weight excluding hydrogens is 268 g/mol. The second-order valence-electron chi connectivity index (χ2n) is 5.18. The van der Waals surface area contributed by atoms with E-state index in [4.69, 9.17) is 4.74 Å². The largest absolute Gasteiger partial charge is 0.370 e. The number of nitrogens with zero attached hydrogens (tertiary/aromatic N) is 4. The first-order valence-electron chi connectivity index (χ1n) is 6.96. The third-order valence-electron chi connectivity index (χ3n) is 3.69. The number of carbonyl (C=O) groups excluding carboxylic acids is 1. The maximum absolute atomic E-state index is 12.5. The highest BCUT2D eigenvalue weighted by molar-refractivity contribution is 5.92. The van der Waals surface area contributed by atoms with Crippen molar-refractivity contribution in [2.75, 3.05) is 19.7 Å². The SMILES string of the molecule is Cc1cc([C@H]2CN(C(=O)c3ccnn3C)CCO2)ccn1. The van der Waals surface area contributed by atoms with Crippen molar-refractivity contribution in [2.24, 2.45) is 7.05 Å². The molecule has 0 unspecified atom stereocenters. The molecule has 1 aliphatic heterocycles. The van der Waals surface area contributed by atoms with Crippen molar-refractivity contribution in [3.8, 4) is 0 Å². The average Bonchev–Trinajstić information content (AvgIpc) is 2.93. The summed E-state index contributed by atoms with van der Waals surface area (Å²) in [5, 5.41) is 4.05. The van der Waals surface area contributed by atoms with E-state index in [0.29, 0.717) is 25.4 Å². The Morgan fingerprint density at radius 2 is 2.24 bits per heavy atom. The third kappa shape index (κ3) is 2.80. The number of morpholine rings is 1. The van der Waals surface area contributed by atoms with Crippen LogP contribution in [0.4, 0.5) is 0 Å². The number of amides is 1. The molecule has 1 saturated heterocycles. The van der Waals surface area contributed by atoms with E-state index in [-0.39, 0.29) is 12.0 Å². The maximum atomic E-state index is 12.5. The molecule has 0 bridgehead atoms. The number of aromatic nitrogens is 3. The molecule has 6 heteroatoms. The van der Waals surface area contributed by atoms with Crippen molar-refractivity contribution in [3.63, 3.8) is 0 Å². The second-order valence-corrected chi connectivity index (χ2v) is 5.18. The van der Waals surface area contributed by atoms with Gasteiger partial charge in [0.1, 0.15) is 11.8 Å². The summed E-state index contributed by atoms with van der Waals surface area (Å²) in [5.41, 5.74) is 2.61. The van der Waals surface area contributed by atoms with E-state index in [1.807, 2.05) is 24.0 Å². The zero-order valence-electron chi connectivity index (χ0n) is 12.2. The summed E-state index contributed by atoms with van der Waals surface area (Å²) in [5.74, 6) is -0.00548. The van der Waals surface area contributed by atoms with Crippen molar-refractivity contribution in [2.45, 2.75) is 13.0 Å². The lowest BCUT2D eigenvalue weighted by atomic mass is 10.1. The minimum atomic E-state index is -0.0994. The zero-order valence-corrected chi connectivity index (χ0v) is 12.2. The van der Waals surface area contributed by atoms with Gasteiger partial charge in [-0.1, -0.05) is 0 Å². The predicted molar refractivity (Wildman–Crippen MR) is 76.8 cm³/mol. The minimum Gasteiger partial charge on any atom is -0.370 e. The molecule has 1 amide bonds. The van der Waals surface area contributed by atoms with Gasteiger partial charge in [0.25, 0.3) is 5.91 Å². The van der Waals surface area contributed by atoms with Gasteiger partial charge in [0, 0.05) is 31.7 Å². The van der Waals surface area contributed by atoms with Crippen molar-refractivity contribution in [3.05, 3.63) is 47.5 Å². The van der Waals surface area contributed by atoms with Gasteiger partial charge in [0.15, 0.2) is 0 Å². The molecule has 0 saturated carbocycles. The summed E-state index contributed by atoms with van der Waals surface area (Å²) in [6, 6.07) is 5.68. The normalized spacial score (nSPS) is 18.8. The first kappa shape index (κ1) is 13.8. The molecule has 1 atom stereocenters. The van der Waals surface area contributed by atoms with Crippen LogP contribution in [0.5, 0.6) is 0 Å². The summed E-state index contributed by atoms with van der Waals surface area (Å²) in [7, 11) is 1.78.